The van der Waals surface area contributed by atoms with Crippen LogP contribution in [-0.4, -0.2) is 15.0 Å². The number of fused-ring (bicyclic) bond motifs is 6. The highest BCUT2D eigenvalue weighted by atomic mass is 16.3. The number of furan rings is 1. The van der Waals surface area contributed by atoms with Crippen molar-refractivity contribution in [1.29, 1.82) is 0 Å². The van der Waals surface area contributed by atoms with E-state index in [2.05, 4.69) is 121 Å². The van der Waals surface area contributed by atoms with Crippen molar-refractivity contribution >= 4 is 38.3 Å². The summed E-state index contributed by atoms with van der Waals surface area (Å²) in [5, 5.41) is 4.58. The van der Waals surface area contributed by atoms with Gasteiger partial charge in [0.05, 0.1) is 0 Å². The largest absolute Gasteiger partial charge is 0.456 e. The first-order valence-corrected chi connectivity index (χ1v) is 18.2. The van der Waals surface area contributed by atoms with Crippen molar-refractivity contribution in [2.24, 2.45) is 0 Å². The number of rotatable bonds is 5. The lowest BCUT2D eigenvalue weighted by molar-refractivity contribution is 0.669. The molecule has 0 atom stereocenters. The molecule has 2 aliphatic carbocycles. The monoisotopic (exact) mass is 677 g/mol. The van der Waals surface area contributed by atoms with Crippen molar-refractivity contribution < 1.29 is 4.42 Å². The molecule has 0 bridgehead atoms. The smallest absolute Gasteiger partial charge is 0.164 e. The maximum atomic E-state index is 6.54. The first kappa shape index (κ1) is 29.8. The number of hydrogen-bond acceptors (Lipinski definition) is 4. The number of allylic oxidation sites excluding steroid dienone is 4. The minimum atomic E-state index is 0.610. The van der Waals surface area contributed by atoms with Crippen molar-refractivity contribution in [2.45, 2.75) is 12.8 Å². The first-order chi connectivity index (χ1) is 26.2. The van der Waals surface area contributed by atoms with Crippen molar-refractivity contribution in [3.63, 3.8) is 0 Å². The number of aromatic nitrogens is 3. The van der Waals surface area contributed by atoms with Gasteiger partial charge in [-0.3, -0.25) is 0 Å². The Hall–Kier alpha value is -6.91. The zero-order valence-corrected chi connectivity index (χ0v) is 28.8. The molecule has 0 saturated carbocycles. The average Bonchev–Trinajstić information content (AvgIpc) is 3.77. The standard InChI is InChI=1S/C49H31N3O/c1-3-10-30(11-4-1)31-20-22-32(23-21-31)35-24-27-40-44(29-35)53-43-19-9-18-41(46(40)43)49-51-47(34-12-5-2-6-13-34)50-48(52-49)36-25-26-37-38-16-7-14-33-15-8-17-39(45(33)38)42(37)28-36/h2-3,5-29H,1,4H2. The molecule has 2 aromatic heterocycles. The summed E-state index contributed by atoms with van der Waals surface area (Å²) in [7, 11) is 0. The molecule has 248 valence electrons. The van der Waals surface area contributed by atoms with E-state index in [0.29, 0.717) is 17.5 Å². The van der Waals surface area contributed by atoms with E-state index in [9.17, 15) is 0 Å². The van der Waals surface area contributed by atoms with Gasteiger partial charge in [0.1, 0.15) is 11.2 Å². The minimum absolute atomic E-state index is 0.610. The number of benzene rings is 7. The van der Waals surface area contributed by atoms with Gasteiger partial charge in [-0.15, -0.1) is 0 Å². The molecular weight excluding hydrogens is 647 g/mol. The quantitative estimate of drug-likeness (QED) is 0.182. The van der Waals surface area contributed by atoms with Crippen LogP contribution in [0.2, 0.25) is 0 Å². The van der Waals surface area contributed by atoms with E-state index in [1.807, 2.05) is 42.5 Å². The van der Waals surface area contributed by atoms with Gasteiger partial charge in [0.15, 0.2) is 17.5 Å². The summed E-state index contributed by atoms with van der Waals surface area (Å²) in [5.74, 6) is 1.88. The van der Waals surface area contributed by atoms with E-state index in [-0.39, 0.29) is 0 Å². The van der Waals surface area contributed by atoms with Crippen molar-refractivity contribution in [3.05, 3.63) is 169 Å². The van der Waals surface area contributed by atoms with E-state index < -0.39 is 0 Å². The molecule has 0 unspecified atom stereocenters. The van der Waals surface area contributed by atoms with Crippen LogP contribution in [0.1, 0.15) is 18.4 Å². The van der Waals surface area contributed by atoms with Crippen LogP contribution >= 0.6 is 0 Å². The highest BCUT2D eigenvalue weighted by Crippen LogP contribution is 2.48. The number of nitrogens with zero attached hydrogens (tertiary/aromatic N) is 3. The van der Waals surface area contributed by atoms with Gasteiger partial charge in [0.2, 0.25) is 0 Å². The van der Waals surface area contributed by atoms with Gasteiger partial charge < -0.3 is 4.42 Å². The van der Waals surface area contributed by atoms with Crippen LogP contribution in [0.25, 0.3) is 106 Å². The third kappa shape index (κ3) is 4.87. The van der Waals surface area contributed by atoms with Crippen LogP contribution in [0.4, 0.5) is 0 Å². The molecule has 2 aliphatic rings. The molecule has 53 heavy (non-hydrogen) atoms. The Labute approximate surface area is 306 Å². The lowest BCUT2D eigenvalue weighted by Gasteiger charge is -2.11. The maximum absolute atomic E-state index is 6.54. The van der Waals surface area contributed by atoms with Gasteiger partial charge in [0, 0.05) is 27.5 Å². The predicted molar refractivity (Wildman–Crippen MR) is 217 cm³/mol. The molecule has 0 saturated heterocycles. The average molecular weight is 678 g/mol. The molecule has 0 amide bonds. The summed E-state index contributed by atoms with van der Waals surface area (Å²) < 4.78 is 6.54. The predicted octanol–water partition coefficient (Wildman–Crippen LogP) is 13.0. The molecule has 9 aromatic rings. The molecule has 7 aromatic carbocycles. The van der Waals surface area contributed by atoms with Crippen LogP contribution in [0.15, 0.2) is 168 Å². The van der Waals surface area contributed by atoms with Crippen molar-refractivity contribution in [2.75, 3.05) is 0 Å². The molecule has 0 aliphatic heterocycles. The lowest BCUT2D eigenvalue weighted by atomic mass is 9.96. The Morgan fingerprint density at radius 2 is 1.11 bits per heavy atom. The first-order valence-electron chi connectivity index (χ1n) is 18.2. The van der Waals surface area contributed by atoms with E-state index in [1.165, 1.54) is 44.2 Å². The summed E-state index contributed by atoms with van der Waals surface area (Å²) in [6.45, 7) is 0. The second-order valence-corrected chi connectivity index (χ2v) is 13.9. The highest BCUT2D eigenvalue weighted by molar-refractivity contribution is 6.16. The van der Waals surface area contributed by atoms with Gasteiger partial charge in [-0.05, 0) is 92.4 Å². The Bertz CT molecular complexity index is 2980. The normalized spacial score (nSPS) is 13.2. The van der Waals surface area contributed by atoms with Gasteiger partial charge >= 0.3 is 0 Å². The fourth-order valence-corrected chi connectivity index (χ4v) is 8.15. The minimum Gasteiger partial charge on any atom is -0.456 e. The molecular formula is C49H31N3O. The fraction of sp³-hybridized carbons (Fsp3) is 0.0408. The van der Waals surface area contributed by atoms with E-state index >= 15 is 0 Å². The van der Waals surface area contributed by atoms with E-state index in [4.69, 9.17) is 19.4 Å². The molecule has 0 spiro atoms. The van der Waals surface area contributed by atoms with Crippen LogP contribution in [0, 0.1) is 0 Å². The Balaban J connectivity index is 1.04. The van der Waals surface area contributed by atoms with Crippen LogP contribution < -0.4 is 0 Å². The fourth-order valence-electron chi connectivity index (χ4n) is 8.15. The molecule has 0 radical (unpaired) electrons. The van der Waals surface area contributed by atoms with Crippen molar-refractivity contribution in [3.8, 4) is 67.5 Å². The molecule has 4 nitrogen and oxygen atoms in total. The second-order valence-electron chi connectivity index (χ2n) is 13.9. The van der Waals surface area contributed by atoms with Gasteiger partial charge in [-0.2, -0.15) is 0 Å². The van der Waals surface area contributed by atoms with Crippen molar-refractivity contribution in [1.82, 2.24) is 15.0 Å². The van der Waals surface area contributed by atoms with Gasteiger partial charge in [-0.1, -0.05) is 140 Å². The third-order valence-corrected chi connectivity index (χ3v) is 10.7. The second kappa shape index (κ2) is 11.8. The maximum Gasteiger partial charge on any atom is 0.164 e. The zero-order valence-electron chi connectivity index (χ0n) is 28.8. The van der Waals surface area contributed by atoms with E-state index in [0.717, 1.165) is 62.6 Å². The molecule has 11 rings (SSSR count). The summed E-state index contributed by atoms with van der Waals surface area (Å²) in [5.41, 5.74) is 14.2. The Morgan fingerprint density at radius 1 is 0.415 bits per heavy atom. The van der Waals surface area contributed by atoms with Gasteiger partial charge in [0.25, 0.3) is 0 Å². The van der Waals surface area contributed by atoms with E-state index in [1.54, 1.807) is 0 Å². The van der Waals surface area contributed by atoms with Gasteiger partial charge in [-0.25, -0.2) is 15.0 Å². The molecule has 0 fully saturated rings. The SMILES string of the molecule is C1=CC(c2ccc(-c3ccc4c(c3)oc3cccc(-c5nc(-c6ccccc6)nc(-c6ccc7c(c6)-c6cccc8cccc-7c68)n5)c34)cc2)=CCC1. The van der Waals surface area contributed by atoms with Crippen LogP contribution in [0.5, 0.6) is 0 Å². The molecule has 2 heterocycles. The zero-order chi connectivity index (χ0) is 34.9. The third-order valence-electron chi connectivity index (χ3n) is 10.7. The Kier molecular flexibility index (Phi) is 6.65. The molecule has 4 heteroatoms. The summed E-state index contributed by atoms with van der Waals surface area (Å²) in [6.07, 6.45) is 9.00. The summed E-state index contributed by atoms with van der Waals surface area (Å²) in [6, 6.07) is 51.3. The topological polar surface area (TPSA) is 51.8 Å². The summed E-state index contributed by atoms with van der Waals surface area (Å²) in [4.78, 5) is 15.4. The lowest BCUT2D eigenvalue weighted by Crippen LogP contribution is -2.00. The molecule has 0 N–H and O–H groups in total. The summed E-state index contributed by atoms with van der Waals surface area (Å²) >= 11 is 0. The van der Waals surface area contributed by atoms with Crippen LogP contribution in [0.3, 0.4) is 0 Å². The Morgan fingerprint density at radius 3 is 1.92 bits per heavy atom. The number of hydrogen-bond donors (Lipinski definition) is 0. The highest BCUT2D eigenvalue weighted by Gasteiger charge is 2.23. The van der Waals surface area contributed by atoms with Crippen LogP contribution in [-0.2, 0) is 0 Å².